The van der Waals surface area contributed by atoms with Gasteiger partial charge >= 0.3 is 6.18 Å². The molecule has 0 aliphatic heterocycles. The quantitative estimate of drug-likeness (QED) is 0.837. The second kappa shape index (κ2) is 5.73. The van der Waals surface area contributed by atoms with E-state index < -0.39 is 11.7 Å². The Morgan fingerprint density at radius 2 is 1.88 bits per heavy atom. The van der Waals surface area contributed by atoms with Crippen LogP contribution >= 0.6 is 15.9 Å². The van der Waals surface area contributed by atoms with E-state index in [1.165, 1.54) is 0 Å². The largest absolute Gasteiger partial charge is 0.506 e. The van der Waals surface area contributed by atoms with Crippen LogP contribution in [0.25, 0.3) is 0 Å². The molecule has 0 unspecified atom stereocenters. The summed E-state index contributed by atoms with van der Waals surface area (Å²) >= 11 is 2.92. The summed E-state index contributed by atoms with van der Waals surface area (Å²) < 4.78 is 37.7. The van der Waals surface area contributed by atoms with E-state index in [1.54, 1.807) is 0 Å². The molecule has 0 saturated carbocycles. The molecule has 6 heteroatoms. The Labute approximate surface area is 106 Å². The number of nitrogens with two attached hydrogens (primary N) is 1. The van der Waals surface area contributed by atoms with Crippen LogP contribution in [0, 0.1) is 0 Å². The van der Waals surface area contributed by atoms with Crippen molar-refractivity contribution < 1.29 is 18.3 Å². The average molecular weight is 312 g/mol. The first-order valence-corrected chi connectivity index (χ1v) is 5.94. The molecule has 0 radical (unpaired) electrons. The molecule has 0 bridgehead atoms. The Balaban J connectivity index is 2.99. The number of halogens is 4. The topological polar surface area (TPSA) is 46.2 Å². The predicted octanol–water partition coefficient (Wildman–Crippen LogP) is 3.45. The Morgan fingerprint density at radius 1 is 1.24 bits per heavy atom. The van der Waals surface area contributed by atoms with Crippen molar-refractivity contribution in [3.05, 3.63) is 27.7 Å². The summed E-state index contributed by atoms with van der Waals surface area (Å²) in [6.45, 7) is 0.487. The maximum Gasteiger partial charge on any atom is 0.416 e. The molecular formula is C11H13BrF3NO. The van der Waals surface area contributed by atoms with E-state index in [2.05, 4.69) is 15.9 Å². The monoisotopic (exact) mass is 311 g/mol. The van der Waals surface area contributed by atoms with Crippen molar-refractivity contribution in [3.63, 3.8) is 0 Å². The van der Waals surface area contributed by atoms with Gasteiger partial charge in [0.05, 0.1) is 10.0 Å². The highest BCUT2D eigenvalue weighted by Crippen LogP contribution is 2.37. The van der Waals surface area contributed by atoms with Gasteiger partial charge in [0, 0.05) is 0 Å². The van der Waals surface area contributed by atoms with Crippen LogP contribution in [0.4, 0.5) is 13.2 Å². The summed E-state index contributed by atoms with van der Waals surface area (Å²) in [5.41, 5.74) is 4.84. The third-order valence-corrected chi connectivity index (χ3v) is 2.97. The minimum Gasteiger partial charge on any atom is -0.506 e. The van der Waals surface area contributed by atoms with Gasteiger partial charge in [-0.15, -0.1) is 0 Å². The molecule has 96 valence electrons. The van der Waals surface area contributed by atoms with Gasteiger partial charge in [-0.1, -0.05) is 0 Å². The van der Waals surface area contributed by atoms with Gasteiger partial charge < -0.3 is 10.8 Å². The second-order valence-electron chi connectivity index (χ2n) is 3.71. The molecule has 0 fully saturated rings. The predicted molar refractivity (Wildman–Crippen MR) is 62.8 cm³/mol. The summed E-state index contributed by atoms with van der Waals surface area (Å²) in [7, 11) is 0. The van der Waals surface area contributed by atoms with Crippen LogP contribution in [0.2, 0.25) is 0 Å². The first-order chi connectivity index (χ1) is 7.86. The molecule has 2 nitrogen and oxygen atoms in total. The summed E-state index contributed by atoms with van der Waals surface area (Å²) in [5.74, 6) is -0.130. The van der Waals surface area contributed by atoms with Gasteiger partial charge in [0.1, 0.15) is 5.75 Å². The Bertz CT molecular complexity index is 393. The number of phenolic OH excluding ortho intramolecular Hbond substituents is 1. The molecule has 17 heavy (non-hydrogen) atoms. The van der Waals surface area contributed by atoms with Gasteiger partial charge in [-0.05, 0) is 59.4 Å². The average Bonchev–Trinajstić information content (AvgIpc) is 2.22. The highest BCUT2D eigenvalue weighted by Gasteiger charge is 2.31. The number of aryl methyl sites for hydroxylation is 1. The molecule has 0 heterocycles. The molecule has 3 N–H and O–H groups in total. The minimum atomic E-state index is -4.40. The number of hydrogen-bond acceptors (Lipinski definition) is 2. The van der Waals surface area contributed by atoms with E-state index in [0.717, 1.165) is 12.1 Å². The van der Waals surface area contributed by atoms with Crippen LogP contribution in [0.3, 0.4) is 0 Å². The standard InChI is InChI=1S/C11H13BrF3NO/c12-9-6-8(11(13,14)15)5-7(10(9)17)3-1-2-4-16/h5-6,17H,1-4,16H2. The Hall–Kier alpha value is -0.750. The summed E-state index contributed by atoms with van der Waals surface area (Å²) in [4.78, 5) is 0. The van der Waals surface area contributed by atoms with Crippen LogP contribution in [0.1, 0.15) is 24.0 Å². The zero-order valence-corrected chi connectivity index (χ0v) is 10.6. The molecule has 0 saturated heterocycles. The fourth-order valence-electron chi connectivity index (χ4n) is 1.47. The van der Waals surface area contributed by atoms with E-state index in [0.29, 0.717) is 31.4 Å². The first-order valence-electron chi connectivity index (χ1n) is 5.15. The lowest BCUT2D eigenvalue weighted by Gasteiger charge is -2.12. The third-order valence-electron chi connectivity index (χ3n) is 2.37. The van der Waals surface area contributed by atoms with Crippen molar-refractivity contribution in [2.75, 3.05) is 6.54 Å². The maximum atomic E-state index is 12.5. The SMILES string of the molecule is NCCCCc1cc(C(F)(F)F)cc(Br)c1O. The van der Waals surface area contributed by atoms with E-state index in [-0.39, 0.29) is 10.2 Å². The lowest BCUT2D eigenvalue weighted by atomic mass is 10.0. The smallest absolute Gasteiger partial charge is 0.416 e. The van der Waals surface area contributed by atoms with Crippen molar-refractivity contribution in [2.45, 2.75) is 25.4 Å². The van der Waals surface area contributed by atoms with Crippen LogP contribution in [-0.4, -0.2) is 11.7 Å². The number of rotatable bonds is 4. The lowest BCUT2D eigenvalue weighted by molar-refractivity contribution is -0.137. The van der Waals surface area contributed by atoms with Gasteiger partial charge in [0.25, 0.3) is 0 Å². The number of benzene rings is 1. The van der Waals surface area contributed by atoms with Crippen LogP contribution in [-0.2, 0) is 12.6 Å². The van der Waals surface area contributed by atoms with E-state index in [9.17, 15) is 18.3 Å². The van der Waals surface area contributed by atoms with E-state index in [4.69, 9.17) is 5.73 Å². The van der Waals surface area contributed by atoms with Gasteiger partial charge in [0.15, 0.2) is 0 Å². The number of hydrogen-bond donors (Lipinski definition) is 2. The maximum absolute atomic E-state index is 12.5. The van der Waals surface area contributed by atoms with Crippen molar-refractivity contribution in [2.24, 2.45) is 5.73 Å². The summed E-state index contributed by atoms with van der Waals surface area (Å²) in [6, 6.07) is 1.86. The number of aromatic hydroxyl groups is 1. The molecule has 0 spiro atoms. The van der Waals surface area contributed by atoms with Crippen molar-refractivity contribution in [3.8, 4) is 5.75 Å². The van der Waals surface area contributed by atoms with Crippen molar-refractivity contribution in [1.29, 1.82) is 0 Å². The molecule has 0 atom stereocenters. The fourth-order valence-corrected chi connectivity index (χ4v) is 1.97. The minimum absolute atomic E-state index is 0.0649. The molecule has 0 aliphatic rings. The van der Waals surface area contributed by atoms with Crippen LogP contribution in [0.15, 0.2) is 16.6 Å². The Morgan fingerprint density at radius 3 is 2.41 bits per heavy atom. The Kier molecular flexibility index (Phi) is 4.82. The molecular weight excluding hydrogens is 299 g/mol. The van der Waals surface area contributed by atoms with Gasteiger partial charge in [-0.3, -0.25) is 0 Å². The molecule has 1 aromatic rings. The van der Waals surface area contributed by atoms with Gasteiger partial charge in [-0.2, -0.15) is 13.2 Å². The van der Waals surface area contributed by atoms with Crippen LogP contribution in [0.5, 0.6) is 5.75 Å². The van der Waals surface area contributed by atoms with E-state index in [1.807, 2.05) is 0 Å². The molecule has 0 amide bonds. The molecule has 1 aromatic carbocycles. The lowest BCUT2D eigenvalue weighted by Crippen LogP contribution is -2.06. The molecule has 0 aromatic heterocycles. The number of alkyl halides is 3. The third kappa shape index (κ3) is 3.89. The fraction of sp³-hybridized carbons (Fsp3) is 0.455. The highest BCUT2D eigenvalue weighted by atomic mass is 79.9. The number of phenols is 1. The molecule has 1 rings (SSSR count). The van der Waals surface area contributed by atoms with Crippen molar-refractivity contribution in [1.82, 2.24) is 0 Å². The zero-order chi connectivity index (χ0) is 13.1. The first kappa shape index (κ1) is 14.3. The van der Waals surface area contributed by atoms with Crippen LogP contribution < -0.4 is 5.73 Å². The molecule has 0 aliphatic carbocycles. The summed E-state index contributed by atoms with van der Waals surface area (Å²) in [6.07, 6.45) is -2.66. The van der Waals surface area contributed by atoms with Crippen molar-refractivity contribution >= 4 is 15.9 Å². The number of unbranched alkanes of at least 4 members (excludes halogenated alkanes) is 1. The van der Waals surface area contributed by atoms with Gasteiger partial charge in [-0.25, -0.2) is 0 Å². The van der Waals surface area contributed by atoms with E-state index >= 15 is 0 Å². The summed E-state index contributed by atoms with van der Waals surface area (Å²) in [5, 5.41) is 9.64. The second-order valence-corrected chi connectivity index (χ2v) is 4.56. The zero-order valence-electron chi connectivity index (χ0n) is 9.02. The van der Waals surface area contributed by atoms with Gasteiger partial charge in [0.2, 0.25) is 0 Å². The highest BCUT2D eigenvalue weighted by molar-refractivity contribution is 9.10. The normalized spacial score (nSPS) is 11.8.